The summed E-state index contributed by atoms with van der Waals surface area (Å²) in [4.78, 5) is 21.0. The molecule has 1 aromatic heterocycles. The summed E-state index contributed by atoms with van der Waals surface area (Å²) in [6, 6.07) is 9.88. The topological polar surface area (TPSA) is 48.5 Å². The summed E-state index contributed by atoms with van der Waals surface area (Å²) in [7, 11) is 0. The third-order valence-corrected chi connectivity index (χ3v) is 4.57. The standard InChI is InChI=1S/C19H23ClN4O/c1-2-6-22-19(25)15-11-18(14-21-13-15)24-9-7-23(8-10-24)17-5-3-4-16(20)12-17/h3-5,11-14H,2,6-10H2,1H3,(H,22,25). The highest BCUT2D eigenvalue weighted by Gasteiger charge is 2.19. The molecule has 0 unspecified atom stereocenters. The van der Waals surface area contributed by atoms with E-state index >= 15 is 0 Å². The summed E-state index contributed by atoms with van der Waals surface area (Å²) in [6.45, 7) is 6.30. The number of nitrogens with zero attached hydrogens (tertiary/aromatic N) is 3. The average Bonchev–Trinajstić information content (AvgIpc) is 2.66. The van der Waals surface area contributed by atoms with Crippen molar-refractivity contribution in [2.75, 3.05) is 42.5 Å². The van der Waals surface area contributed by atoms with E-state index in [9.17, 15) is 4.79 Å². The second kappa shape index (κ2) is 8.21. The van der Waals surface area contributed by atoms with Crippen molar-refractivity contribution in [3.63, 3.8) is 0 Å². The van der Waals surface area contributed by atoms with E-state index < -0.39 is 0 Å². The quantitative estimate of drug-likeness (QED) is 0.891. The normalized spacial score (nSPS) is 14.5. The van der Waals surface area contributed by atoms with Gasteiger partial charge in [0.15, 0.2) is 0 Å². The number of pyridine rings is 1. The molecule has 132 valence electrons. The molecule has 1 fully saturated rings. The number of anilines is 2. The molecule has 0 radical (unpaired) electrons. The van der Waals surface area contributed by atoms with Crippen LogP contribution in [-0.4, -0.2) is 43.6 Å². The zero-order valence-corrected chi connectivity index (χ0v) is 15.2. The lowest BCUT2D eigenvalue weighted by atomic mass is 10.2. The zero-order valence-electron chi connectivity index (χ0n) is 14.4. The van der Waals surface area contributed by atoms with Crippen LogP contribution < -0.4 is 15.1 Å². The second-order valence-corrected chi connectivity index (χ2v) is 6.58. The van der Waals surface area contributed by atoms with Crippen molar-refractivity contribution < 1.29 is 4.79 Å². The molecular formula is C19H23ClN4O. The highest BCUT2D eigenvalue weighted by molar-refractivity contribution is 6.30. The number of hydrogen-bond acceptors (Lipinski definition) is 4. The number of amides is 1. The molecule has 0 atom stereocenters. The van der Waals surface area contributed by atoms with Crippen LogP contribution in [0.5, 0.6) is 0 Å². The SMILES string of the molecule is CCCNC(=O)c1cncc(N2CCN(c3cccc(Cl)c3)CC2)c1. The summed E-state index contributed by atoms with van der Waals surface area (Å²) in [5.74, 6) is -0.0613. The van der Waals surface area contributed by atoms with E-state index in [1.165, 1.54) is 0 Å². The van der Waals surface area contributed by atoms with E-state index in [2.05, 4.69) is 26.2 Å². The lowest BCUT2D eigenvalue weighted by Gasteiger charge is -2.37. The molecule has 3 rings (SSSR count). The van der Waals surface area contributed by atoms with Gasteiger partial charge in [-0.1, -0.05) is 24.6 Å². The van der Waals surface area contributed by atoms with Crippen LogP contribution >= 0.6 is 11.6 Å². The Bertz CT molecular complexity index is 729. The molecule has 0 saturated carbocycles. The summed E-state index contributed by atoms with van der Waals surface area (Å²) in [6.07, 6.45) is 4.37. The summed E-state index contributed by atoms with van der Waals surface area (Å²) in [5, 5.41) is 3.65. The number of halogens is 1. The van der Waals surface area contributed by atoms with Crippen LogP contribution in [0.1, 0.15) is 23.7 Å². The molecule has 1 N–H and O–H groups in total. The predicted molar refractivity (Wildman–Crippen MR) is 103 cm³/mol. The lowest BCUT2D eigenvalue weighted by molar-refractivity contribution is 0.0953. The maximum Gasteiger partial charge on any atom is 0.252 e. The smallest absolute Gasteiger partial charge is 0.252 e. The maximum atomic E-state index is 12.1. The van der Waals surface area contributed by atoms with Gasteiger partial charge in [0.2, 0.25) is 0 Å². The minimum Gasteiger partial charge on any atom is -0.368 e. The number of carbonyl (C=O) groups is 1. The van der Waals surface area contributed by atoms with E-state index in [0.29, 0.717) is 12.1 Å². The molecule has 1 aliphatic heterocycles. The monoisotopic (exact) mass is 358 g/mol. The first-order chi connectivity index (χ1) is 12.2. The third kappa shape index (κ3) is 4.42. The van der Waals surface area contributed by atoms with Gasteiger partial charge in [-0.15, -0.1) is 0 Å². The van der Waals surface area contributed by atoms with Gasteiger partial charge in [-0.25, -0.2) is 0 Å². The van der Waals surface area contributed by atoms with Gasteiger partial charge in [0.25, 0.3) is 5.91 Å². The van der Waals surface area contributed by atoms with Gasteiger partial charge in [-0.3, -0.25) is 9.78 Å². The molecule has 0 aliphatic carbocycles. The molecule has 6 heteroatoms. The number of benzene rings is 1. The Morgan fingerprint density at radius 3 is 2.52 bits per heavy atom. The van der Waals surface area contributed by atoms with Gasteiger partial charge >= 0.3 is 0 Å². The van der Waals surface area contributed by atoms with Gasteiger partial charge in [0.05, 0.1) is 17.4 Å². The molecule has 1 aromatic carbocycles. The molecule has 0 bridgehead atoms. The molecular weight excluding hydrogens is 336 g/mol. The van der Waals surface area contributed by atoms with E-state index in [1.54, 1.807) is 6.20 Å². The fourth-order valence-corrected chi connectivity index (χ4v) is 3.15. The summed E-state index contributed by atoms with van der Waals surface area (Å²) >= 11 is 6.09. The Balaban J connectivity index is 1.64. The fourth-order valence-electron chi connectivity index (χ4n) is 2.96. The van der Waals surface area contributed by atoms with Crippen LogP contribution in [0.15, 0.2) is 42.7 Å². The van der Waals surface area contributed by atoms with E-state index in [1.807, 2.05) is 37.4 Å². The summed E-state index contributed by atoms with van der Waals surface area (Å²) in [5.41, 5.74) is 2.76. The van der Waals surface area contributed by atoms with Crippen molar-refractivity contribution in [3.8, 4) is 0 Å². The molecule has 1 amide bonds. The van der Waals surface area contributed by atoms with Crippen molar-refractivity contribution in [1.29, 1.82) is 0 Å². The van der Waals surface area contributed by atoms with Crippen LogP contribution in [0, 0.1) is 0 Å². The largest absolute Gasteiger partial charge is 0.368 e. The first-order valence-electron chi connectivity index (χ1n) is 8.66. The molecule has 1 aliphatic rings. The van der Waals surface area contributed by atoms with Crippen molar-refractivity contribution >= 4 is 28.9 Å². The van der Waals surface area contributed by atoms with Gasteiger partial charge < -0.3 is 15.1 Å². The Labute approximate surface area is 153 Å². The van der Waals surface area contributed by atoms with E-state index in [4.69, 9.17) is 11.6 Å². The second-order valence-electron chi connectivity index (χ2n) is 6.14. The van der Waals surface area contributed by atoms with Crippen LogP contribution in [0.3, 0.4) is 0 Å². The molecule has 1 saturated heterocycles. The number of nitrogens with one attached hydrogen (secondary N) is 1. The van der Waals surface area contributed by atoms with Crippen molar-refractivity contribution in [1.82, 2.24) is 10.3 Å². The van der Waals surface area contributed by atoms with Crippen molar-refractivity contribution in [2.45, 2.75) is 13.3 Å². The Morgan fingerprint density at radius 1 is 1.12 bits per heavy atom. The first-order valence-corrected chi connectivity index (χ1v) is 9.04. The maximum absolute atomic E-state index is 12.1. The van der Waals surface area contributed by atoms with Crippen LogP contribution in [0.4, 0.5) is 11.4 Å². The molecule has 25 heavy (non-hydrogen) atoms. The summed E-state index contributed by atoms with van der Waals surface area (Å²) < 4.78 is 0. The minimum absolute atomic E-state index is 0.0613. The predicted octanol–water partition coefficient (Wildman–Crippen LogP) is 3.20. The highest BCUT2D eigenvalue weighted by Crippen LogP contribution is 2.23. The van der Waals surface area contributed by atoms with Gasteiger partial charge in [-0.05, 0) is 30.7 Å². The van der Waals surface area contributed by atoms with Crippen LogP contribution in [-0.2, 0) is 0 Å². The van der Waals surface area contributed by atoms with Crippen LogP contribution in [0.2, 0.25) is 5.02 Å². The van der Waals surface area contributed by atoms with Gasteiger partial charge in [0.1, 0.15) is 0 Å². The van der Waals surface area contributed by atoms with Gasteiger partial charge in [-0.2, -0.15) is 0 Å². The Morgan fingerprint density at radius 2 is 1.84 bits per heavy atom. The molecule has 5 nitrogen and oxygen atoms in total. The first kappa shape index (κ1) is 17.5. The van der Waals surface area contributed by atoms with Gasteiger partial charge in [0, 0.05) is 49.6 Å². The molecule has 2 heterocycles. The van der Waals surface area contributed by atoms with Crippen molar-refractivity contribution in [2.24, 2.45) is 0 Å². The highest BCUT2D eigenvalue weighted by atomic mass is 35.5. The third-order valence-electron chi connectivity index (χ3n) is 4.34. The fraction of sp³-hybridized carbons (Fsp3) is 0.368. The van der Waals surface area contributed by atoms with E-state index in [0.717, 1.165) is 49.0 Å². The molecule has 2 aromatic rings. The number of rotatable bonds is 5. The number of hydrogen-bond donors (Lipinski definition) is 1. The Hall–Kier alpha value is -2.27. The minimum atomic E-state index is -0.0613. The Kier molecular flexibility index (Phi) is 5.76. The number of aromatic nitrogens is 1. The molecule has 0 spiro atoms. The van der Waals surface area contributed by atoms with E-state index in [-0.39, 0.29) is 5.91 Å². The zero-order chi connectivity index (χ0) is 17.6. The van der Waals surface area contributed by atoms with Crippen molar-refractivity contribution in [3.05, 3.63) is 53.3 Å². The number of carbonyl (C=O) groups excluding carboxylic acids is 1. The average molecular weight is 359 g/mol. The van der Waals surface area contributed by atoms with Crippen LogP contribution in [0.25, 0.3) is 0 Å². The number of piperazine rings is 1. The lowest BCUT2D eigenvalue weighted by Crippen LogP contribution is -2.46.